The van der Waals surface area contributed by atoms with Crippen LogP contribution in [0.4, 0.5) is 5.69 Å². The van der Waals surface area contributed by atoms with E-state index in [1.54, 1.807) is 12.1 Å². The average molecular weight is 637 g/mol. The second kappa shape index (κ2) is 10.8. The molecule has 1 heterocycles. The number of aromatic nitrogens is 3. The number of hydrogen-bond donors (Lipinski definition) is 0. The van der Waals surface area contributed by atoms with Gasteiger partial charge in [-0.2, -0.15) is 5.10 Å². The largest absolute Gasteiger partial charge is 0.307 e. The van der Waals surface area contributed by atoms with Gasteiger partial charge in [-0.3, -0.25) is 4.85 Å². The van der Waals surface area contributed by atoms with Crippen molar-refractivity contribution in [1.29, 1.82) is 5.26 Å². The molecule has 35 heavy (non-hydrogen) atoms. The van der Waals surface area contributed by atoms with Crippen LogP contribution in [0.5, 0.6) is 0 Å². The molecule has 0 amide bonds. The topological polar surface area (TPSA) is 58.9 Å². The van der Waals surface area contributed by atoms with Gasteiger partial charge in [-0.1, -0.05) is 81.3 Å². The van der Waals surface area contributed by atoms with Gasteiger partial charge in [0.2, 0.25) is 0 Å². The molecular formula is C29H26IrN5-. The van der Waals surface area contributed by atoms with Crippen LogP contribution in [0.2, 0.25) is 0 Å². The standard InChI is InChI=1S/C29H26N5.Ir/c1-18(2)24-12-9-13-25(19(3)4)27(24)34-28(22-14-21(17-30)15-23(16-22)31-6)32-33-29(34)26-11-8-7-10-20(26)5;/h7-13,15-16,18-19H,1-5H3;/q-1;. The van der Waals surface area contributed by atoms with E-state index < -0.39 is 0 Å². The quantitative estimate of drug-likeness (QED) is 0.215. The first-order valence-electron chi connectivity index (χ1n) is 11.4. The van der Waals surface area contributed by atoms with Gasteiger partial charge in [0.25, 0.3) is 0 Å². The third kappa shape index (κ3) is 4.96. The van der Waals surface area contributed by atoms with E-state index in [0.717, 1.165) is 22.6 Å². The van der Waals surface area contributed by atoms with E-state index in [2.05, 4.69) is 90.6 Å². The molecule has 0 bridgehead atoms. The van der Waals surface area contributed by atoms with Crippen LogP contribution in [0.25, 0.3) is 33.3 Å². The zero-order chi connectivity index (χ0) is 24.4. The van der Waals surface area contributed by atoms with Crippen LogP contribution in [0.15, 0.2) is 54.6 Å². The zero-order valence-electron chi connectivity index (χ0n) is 20.4. The Morgan fingerprint density at radius 1 is 0.943 bits per heavy atom. The maximum absolute atomic E-state index is 9.54. The Bertz CT molecular complexity index is 1390. The molecule has 3 aromatic carbocycles. The van der Waals surface area contributed by atoms with E-state index in [0.29, 0.717) is 22.6 Å². The summed E-state index contributed by atoms with van der Waals surface area (Å²) in [6.45, 7) is 18.3. The maximum Gasteiger partial charge on any atom is 0.161 e. The molecule has 0 spiro atoms. The number of hydrogen-bond acceptors (Lipinski definition) is 3. The fraction of sp³-hybridized carbons (Fsp3) is 0.241. The molecule has 0 saturated heterocycles. The van der Waals surface area contributed by atoms with Crippen molar-refractivity contribution in [2.24, 2.45) is 0 Å². The van der Waals surface area contributed by atoms with E-state index in [1.165, 1.54) is 11.1 Å². The normalized spacial score (nSPS) is 10.7. The van der Waals surface area contributed by atoms with Crippen molar-refractivity contribution in [3.8, 4) is 34.5 Å². The van der Waals surface area contributed by atoms with Crippen molar-refractivity contribution in [2.75, 3.05) is 0 Å². The van der Waals surface area contributed by atoms with Gasteiger partial charge >= 0.3 is 0 Å². The van der Waals surface area contributed by atoms with Gasteiger partial charge < -0.3 is 4.57 Å². The first-order valence-corrected chi connectivity index (χ1v) is 11.4. The number of nitrogens with zero attached hydrogens (tertiary/aromatic N) is 5. The smallest absolute Gasteiger partial charge is 0.161 e. The molecule has 0 aliphatic rings. The third-order valence-electron chi connectivity index (χ3n) is 5.96. The van der Waals surface area contributed by atoms with Gasteiger partial charge in [0.1, 0.15) is 11.5 Å². The molecule has 1 radical (unpaired) electrons. The van der Waals surface area contributed by atoms with Gasteiger partial charge in [-0.25, -0.2) is 5.26 Å². The summed E-state index contributed by atoms with van der Waals surface area (Å²) < 4.78 is 2.09. The molecule has 4 aromatic rings. The number of para-hydroxylation sites is 1. The molecule has 5 nitrogen and oxygen atoms in total. The SMILES string of the molecule is [C-]#[N+]c1cc(C#N)[c-]c(-c2nnc(-c3ccccc3C)n2-c2c(C(C)C)cccc2C(C)C)c1.[Ir]. The summed E-state index contributed by atoms with van der Waals surface area (Å²) in [6, 6.07) is 23.1. The van der Waals surface area contributed by atoms with E-state index in [4.69, 9.17) is 6.57 Å². The Morgan fingerprint density at radius 3 is 2.14 bits per heavy atom. The predicted octanol–water partition coefficient (Wildman–Crippen LogP) is 7.38. The second-order valence-corrected chi connectivity index (χ2v) is 8.98. The summed E-state index contributed by atoms with van der Waals surface area (Å²) in [5.41, 5.74) is 6.74. The van der Waals surface area contributed by atoms with Crippen molar-refractivity contribution in [3.63, 3.8) is 0 Å². The van der Waals surface area contributed by atoms with Crippen molar-refractivity contribution >= 4 is 5.69 Å². The minimum absolute atomic E-state index is 0. The summed E-state index contributed by atoms with van der Waals surface area (Å²) in [6.07, 6.45) is 0. The molecule has 0 unspecified atom stereocenters. The van der Waals surface area contributed by atoms with Gasteiger partial charge in [0, 0.05) is 31.4 Å². The van der Waals surface area contributed by atoms with Crippen LogP contribution in [0, 0.1) is 30.9 Å². The summed E-state index contributed by atoms with van der Waals surface area (Å²) in [5.74, 6) is 1.82. The first-order chi connectivity index (χ1) is 16.3. The van der Waals surface area contributed by atoms with Crippen LogP contribution in [-0.4, -0.2) is 14.8 Å². The van der Waals surface area contributed by atoms with Gasteiger partial charge in [-0.15, -0.1) is 23.3 Å². The third-order valence-corrected chi connectivity index (χ3v) is 5.96. The van der Waals surface area contributed by atoms with Crippen molar-refractivity contribution < 1.29 is 20.1 Å². The van der Waals surface area contributed by atoms with Crippen molar-refractivity contribution in [3.05, 3.63) is 94.3 Å². The van der Waals surface area contributed by atoms with E-state index >= 15 is 0 Å². The van der Waals surface area contributed by atoms with Crippen LogP contribution < -0.4 is 0 Å². The Morgan fingerprint density at radius 2 is 1.57 bits per heavy atom. The van der Waals surface area contributed by atoms with E-state index in [1.807, 2.05) is 18.2 Å². The Labute approximate surface area is 220 Å². The predicted molar refractivity (Wildman–Crippen MR) is 135 cm³/mol. The minimum atomic E-state index is 0. The fourth-order valence-corrected chi connectivity index (χ4v) is 4.24. The molecular weight excluding hydrogens is 611 g/mol. The molecule has 1 aromatic heterocycles. The number of nitriles is 1. The molecule has 0 fully saturated rings. The molecule has 0 aliphatic heterocycles. The number of benzene rings is 3. The van der Waals surface area contributed by atoms with Crippen molar-refractivity contribution in [1.82, 2.24) is 14.8 Å². The number of aryl methyl sites for hydroxylation is 1. The van der Waals surface area contributed by atoms with Crippen LogP contribution in [-0.2, 0) is 20.1 Å². The Balaban J connectivity index is 0.00000342. The number of rotatable bonds is 5. The maximum atomic E-state index is 9.54. The minimum Gasteiger partial charge on any atom is -0.307 e. The second-order valence-electron chi connectivity index (χ2n) is 8.98. The van der Waals surface area contributed by atoms with Gasteiger partial charge in [-0.05, 0) is 41.5 Å². The van der Waals surface area contributed by atoms with E-state index in [9.17, 15) is 5.26 Å². The Hall–Kier alpha value is -3.57. The molecule has 0 saturated carbocycles. The molecule has 4 rings (SSSR count). The van der Waals surface area contributed by atoms with Gasteiger partial charge in [0.15, 0.2) is 5.82 Å². The summed E-state index contributed by atoms with van der Waals surface area (Å²) in [5, 5.41) is 18.8. The van der Waals surface area contributed by atoms with Crippen LogP contribution in [0.3, 0.4) is 0 Å². The average Bonchev–Trinajstić information content (AvgIpc) is 3.27. The van der Waals surface area contributed by atoms with Crippen LogP contribution in [0.1, 0.15) is 61.8 Å². The molecule has 177 valence electrons. The molecule has 0 atom stereocenters. The summed E-state index contributed by atoms with van der Waals surface area (Å²) in [7, 11) is 0. The summed E-state index contributed by atoms with van der Waals surface area (Å²) in [4.78, 5) is 3.56. The zero-order valence-corrected chi connectivity index (χ0v) is 22.8. The van der Waals surface area contributed by atoms with Crippen molar-refractivity contribution in [2.45, 2.75) is 46.5 Å². The molecule has 0 aliphatic carbocycles. The summed E-state index contributed by atoms with van der Waals surface area (Å²) >= 11 is 0. The monoisotopic (exact) mass is 637 g/mol. The van der Waals surface area contributed by atoms with Gasteiger partial charge in [0.05, 0.1) is 6.57 Å². The van der Waals surface area contributed by atoms with E-state index in [-0.39, 0.29) is 31.9 Å². The fourth-order valence-electron chi connectivity index (χ4n) is 4.24. The molecule has 0 N–H and O–H groups in total. The van der Waals surface area contributed by atoms with Crippen LogP contribution >= 0.6 is 0 Å². The first kappa shape index (κ1) is 26.0. The molecule has 6 heteroatoms. The Kier molecular flexibility index (Phi) is 8.03.